The van der Waals surface area contributed by atoms with E-state index in [4.69, 9.17) is 5.11 Å². The van der Waals surface area contributed by atoms with E-state index >= 15 is 0 Å². The third-order valence-electron chi connectivity index (χ3n) is 0.909. The summed E-state index contributed by atoms with van der Waals surface area (Å²) in [5.74, 6) is -2.03. The normalized spacial score (nSPS) is 14.3. The van der Waals surface area contributed by atoms with Crippen LogP contribution in [0.5, 0.6) is 0 Å². The van der Waals surface area contributed by atoms with Crippen molar-refractivity contribution >= 4 is 5.91 Å². The highest BCUT2D eigenvalue weighted by atomic mass is 19.4. The maximum Gasteiger partial charge on any atom is 0.471 e. The molecule has 1 atom stereocenters. The minimum absolute atomic E-state index is 0.512. The SMILES string of the molecule is CC(CO)NC(=O)C(F)(F)F. The van der Waals surface area contributed by atoms with Gasteiger partial charge in [-0.25, -0.2) is 0 Å². The van der Waals surface area contributed by atoms with Crippen LogP contribution >= 0.6 is 0 Å². The molecule has 11 heavy (non-hydrogen) atoms. The molecule has 66 valence electrons. The minimum Gasteiger partial charge on any atom is -0.394 e. The maximum absolute atomic E-state index is 11.5. The molecule has 0 saturated heterocycles. The van der Waals surface area contributed by atoms with Gasteiger partial charge in [-0.15, -0.1) is 0 Å². The first kappa shape index (κ1) is 10.2. The van der Waals surface area contributed by atoms with E-state index in [0.29, 0.717) is 0 Å². The first-order valence-corrected chi connectivity index (χ1v) is 2.86. The Morgan fingerprint density at radius 3 is 2.36 bits per heavy atom. The number of aliphatic hydroxyl groups is 1. The van der Waals surface area contributed by atoms with Gasteiger partial charge in [0.2, 0.25) is 0 Å². The van der Waals surface area contributed by atoms with Gasteiger partial charge in [-0.05, 0) is 6.92 Å². The molecule has 0 aliphatic rings. The number of carbonyl (C=O) groups is 1. The topological polar surface area (TPSA) is 49.3 Å². The van der Waals surface area contributed by atoms with E-state index < -0.39 is 24.7 Å². The van der Waals surface area contributed by atoms with Crippen LogP contribution in [0, 0.1) is 0 Å². The van der Waals surface area contributed by atoms with Crippen molar-refractivity contribution in [1.82, 2.24) is 5.32 Å². The van der Waals surface area contributed by atoms with Crippen molar-refractivity contribution in [1.29, 1.82) is 0 Å². The van der Waals surface area contributed by atoms with Gasteiger partial charge in [-0.3, -0.25) is 4.79 Å². The third-order valence-corrected chi connectivity index (χ3v) is 0.909. The van der Waals surface area contributed by atoms with Crippen LogP contribution in [0.4, 0.5) is 13.2 Å². The molecule has 0 aromatic heterocycles. The number of rotatable bonds is 2. The molecule has 2 N–H and O–H groups in total. The van der Waals surface area contributed by atoms with Crippen LogP contribution < -0.4 is 5.32 Å². The van der Waals surface area contributed by atoms with Crippen molar-refractivity contribution in [3.05, 3.63) is 0 Å². The Balaban J connectivity index is 3.88. The van der Waals surface area contributed by atoms with Crippen LogP contribution in [0.1, 0.15) is 6.92 Å². The van der Waals surface area contributed by atoms with Gasteiger partial charge in [-0.1, -0.05) is 0 Å². The molecule has 0 bridgehead atoms. The Bertz CT molecular complexity index is 145. The van der Waals surface area contributed by atoms with Gasteiger partial charge in [0, 0.05) is 6.04 Å². The van der Waals surface area contributed by atoms with Crippen LogP contribution in [-0.2, 0) is 4.79 Å². The van der Waals surface area contributed by atoms with Crippen LogP contribution in [0.15, 0.2) is 0 Å². The molecular weight excluding hydrogens is 163 g/mol. The van der Waals surface area contributed by atoms with E-state index in [0.717, 1.165) is 0 Å². The van der Waals surface area contributed by atoms with Crippen molar-refractivity contribution in [3.63, 3.8) is 0 Å². The molecule has 0 aliphatic heterocycles. The largest absolute Gasteiger partial charge is 0.471 e. The van der Waals surface area contributed by atoms with Gasteiger partial charge in [-0.2, -0.15) is 13.2 Å². The van der Waals surface area contributed by atoms with E-state index in [2.05, 4.69) is 0 Å². The average molecular weight is 171 g/mol. The summed E-state index contributed by atoms with van der Waals surface area (Å²) in [7, 11) is 0. The summed E-state index contributed by atoms with van der Waals surface area (Å²) in [6.07, 6.45) is -4.87. The molecule has 0 rings (SSSR count). The highest BCUT2D eigenvalue weighted by molar-refractivity contribution is 5.81. The lowest BCUT2D eigenvalue weighted by Crippen LogP contribution is -2.43. The van der Waals surface area contributed by atoms with Crippen molar-refractivity contribution in [2.24, 2.45) is 0 Å². The van der Waals surface area contributed by atoms with Crippen LogP contribution in [-0.4, -0.2) is 29.8 Å². The monoisotopic (exact) mass is 171 g/mol. The Labute approximate surface area is 61.2 Å². The van der Waals surface area contributed by atoms with Gasteiger partial charge < -0.3 is 10.4 Å². The highest BCUT2D eigenvalue weighted by Gasteiger charge is 2.38. The quantitative estimate of drug-likeness (QED) is 0.616. The summed E-state index contributed by atoms with van der Waals surface area (Å²) < 4.78 is 34.4. The molecule has 0 aromatic rings. The second-order valence-corrected chi connectivity index (χ2v) is 2.05. The lowest BCUT2D eigenvalue weighted by Gasteiger charge is -2.11. The van der Waals surface area contributed by atoms with Gasteiger partial charge in [0.25, 0.3) is 0 Å². The number of aliphatic hydroxyl groups excluding tert-OH is 1. The van der Waals surface area contributed by atoms with Gasteiger partial charge in [0.15, 0.2) is 0 Å². The second kappa shape index (κ2) is 3.56. The van der Waals surface area contributed by atoms with Crippen molar-refractivity contribution < 1.29 is 23.1 Å². The lowest BCUT2D eigenvalue weighted by molar-refractivity contribution is -0.174. The molecule has 3 nitrogen and oxygen atoms in total. The molecule has 0 aromatic carbocycles. The van der Waals surface area contributed by atoms with Gasteiger partial charge in [0.05, 0.1) is 6.61 Å². The van der Waals surface area contributed by atoms with Crippen molar-refractivity contribution in [2.75, 3.05) is 6.61 Å². The number of carbonyl (C=O) groups excluding carboxylic acids is 1. The second-order valence-electron chi connectivity index (χ2n) is 2.05. The van der Waals surface area contributed by atoms with Gasteiger partial charge in [0.1, 0.15) is 0 Å². The number of amides is 1. The molecule has 0 fully saturated rings. The predicted octanol–water partition coefficient (Wildman–Crippen LogP) is 0.0457. The fourth-order valence-electron chi connectivity index (χ4n) is 0.351. The zero-order chi connectivity index (χ0) is 9.07. The summed E-state index contributed by atoms with van der Waals surface area (Å²) in [5, 5.41) is 9.82. The smallest absolute Gasteiger partial charge is 0.394 e. The summed E-state index contributed by atoms with van der Waals surface area (Å²) in [6.45, 7) is 0.755. The molecule has 0 spiro atoms. The molecule has 1 unspecified atom stereocenters. The summed E-state index contributed by atoms with van der Waals surface area (Å²) in [4.78, 5) is 10.1. The van der Waals surface area contributed by atoms with Crippen LogP contribution in [0.25, 0.3) is 0 Å². The minimum atomic E-state index is -4.87. The lowest BCUT2D eigenvalue weighted by atomic mass is 10.3. The zero-order valence-electron chi connectivity index (χ0n) is 5.77. The Morgan fingerprint density at radius 1 is 1.64 bits per heavy atom. The van der Waals surface area contributed by atoms with E-state index in [1.165, 1.54) is 6.92 Å². The fourth-order valence-corrected chi connectivity index (χ4v) is 0.351. The summed E-state index contributed by atoms with van der Waals surface area (Å²) >= 11 is 0. The molecule has 6 heteroatoms. The van der Waals surface area contributed by atoms with Crippen LogP contribution in [0.3, 0.4) is 0 Å². The molecular formula is C5H8F3NO2. The summed E-state index contributed by atoms with van der Waals surface area (Å²) in [5.41, 5.74) is 0. The van der Waals surface area contributed by atoms with E-state index in [1.54, 1.807) is 5.32 Å². The van der Waals surface area contributed by atoms with E-state index in [9.17, 15) is 18.0 Å². The first-order chi connectivity index (χ1) is 4.88. The third kappa shape index (κ3) is 3.82. The Morgan fingerprint density at radius 2 is 2.09 bits per heavy atom. The summed E-state index contributed by atoms with van der Waals surface area (Å²) in [6, 6.07) is -0.871. The Kier molecular flexibility index (Phi) is 3.31. The van der Waals surface area contributed by atoms with Crippen molar-refractivity contribution in [3.8, 4) is 0 Å². The molecule has 0 aliphatic carbocycles. The standard InChI is InChI=1S/C5H8F3NO2/c1-3(2-10)9-4(11)5(6,7)8/h3,10H,2H2,1H3,(H,9,11). The van der Waals surface area contributed by atoms with Crippen LogP contribution in [0.2, 0.25) is 0 Å². The first-order valence-electron chi connectivity index (χ1n) is 2.86. The molecule has 0 saturated carbocycles. The van der Waals surface area contributed by atoms with E-state index in [1.807, 2.05) is 0 Å². The number of hydrogen-bond acceptors (Lipinski definition) is 2. The van der Waals surface area contributed by atoms with Gasteiger partial charge >= 0.3 is 12.1 Å². The number of halogens is 3. The molecule has 0 heterocycles. The molecule has 1 amide bonds. The highest BCUT2D eigenvalue weighted by Crippen LogP contribution is 2.14. The fraction of sp³-hybridized carbons (Fsp3) is 0.800. The zero-order valence-corrected chi connectivity index (χ0v) is 5.77. The maximum atomic E-state index is 11.5. The van der Waals surface area contributed by atoms with Crippen molar-refractivity contribution in [2.45, 2.75) is 19.1 Å². The number of hydrogen-bond donors (Lipinski definition) is 2. The Hall–Kier alpha value is -0.780. The average Bonchev–Trinajstić information content (AvgIpc) is 1.85. The number of nitrogens with one attached hydrogen (secondary N) is 1. The predicted molar refractivity (Wildman–Crippen MR) is 30.7 cm³/mol. The number of alkyl halides is 3. The van der Waals surface area contributed by atoms with E-state index in [-0.39, 0.29) is 0 Å². The molecule has 0 radical (unpaired) electrons.